The molecule has 2 heterocycles. The molecule has 10 nitrogen and oxygen atoms in total. The van der Waals surface area contributed by atoms with Crippen LogP contribution in [0.2, 0.25) is 0 Å². The summed E-state index contributed by atoms with van der Waals surface area (Å²) in [6, 6.07) is 7.61. The van der Waals surface area contributed by atoms with Gasteiger partial charge in [-0.15, -0.1) is 0 Å². The van der Waals surface area contributed by atoms with Crippen LogP contribution in [0.25, 0.3) is 11.2 Å². The molecule has 144 valence electrons. The number of rotatable bonds is 7. The Hall–Kier alpha value is -3.11. The van der Waals surface area contributed by atoms with E-state index in [0.717, 1.165) is 12.0 Å². The molecule has 0 fully saturated rings. The molecule has 0 amide bonds. The second-order valence-electron chi connectivity index (χ2n) is 6.15. The lowest BCUT2D eigenvalue weighted by molar-refractivity contribution is 0.0938. The van der Waals surface area contributed by atoms with Gasteiger partial charge >= 0.3 is 5.69 Å². The van der Waals surface area contributed by atoms with E-state index in [1.807, 2.05) is 31.2 Å². The lowest BCUT2D eigenvalue weighted by Crippen LogP contribution is -2.31. The smallest absolute Gasteiger partial charge is 0.329 e. The highest BCUT2D eigenvalue weighted by atomic mass is 16.5. The largest absolute Gasteiger partial charge is 0.491 e. The molecular formula is C17H22N6O4. The standard InChI is InChI=1S/C17H22N6O4/c1-3-10-5-4-6-12(7-10)27-9-11(24)8-23-13-14(19-16(23)21-18)22(2)17(26)20-15(13)25/h4-7,11,24H,3,8-9,18H2,1-2H3,(H,19,21)(H,20,25,26). The van der Waals surface area contributed by atoms with Gasteiger partial charge in [-0.25, -0.2) is 10.6 Å². The monoisotopic (exact) mass is 374 g/mol. The fourth-order valence-corrected chi connectivity index (χ4v) is 2.83. The van der Waals surface area contributed by atoms with Gasteiger partial charge in [-0.2, -0.15) is 4.98 Å². The zero-order valence-electron chi connectivity index (χ0n) is 15.1. The first-order chi connectivity index (χ1) is 12.9. The topological polar surface area (TPSA) is 140 Å². The Morgan fingerprint density at radius 1 is 1.41 bits per heavy atom. The summed E-state index contributed by atoms with van der Waals surface area (Å²) in [6.07, 6.45) is -0.0511. The fraction of sp³-hybridized carbons (Fsp3) is 0.353. The molecule has 0 saturated carbocycles. The minimum absolute atomic E-state index is 0.00475. The Morgan fingerprint density at radius 3 is 2.89 bits per heavy atom. The lowest BCUT2D eigenvalue weighted by Gasteiger charge is -2.15. The maximum Gasteiger partial charge on any atom is 0.329 e. The Morgan fingerprint density at radius 2 is 2.19 bits per heavy atom. The number of nitrogens with two attached hydrogens (primary N) is 1. The van der Waals surface area contributed by atoms with Gasteiger partial charge in [-0.1, -0.05) is 19.1 Å². The highest BCUT2D eigenvalue weighted by Crippen LogP contribution is 2.17. The second-order valence-corrected chi connectivity index (χ2v) is 6.15. The maximum absolute atomic E-state index is 12.2. The first-order valence-corrected chi connectivity index (χ1v) is 8.50. The van der Waals surface area contributed by atoms with E-state index in [0.29, 0.717) is 5.75 Å². The molecule has 27 heavy (non-hydrogen) atoms. The molecule has 0 bridgehead atoms. The molecule has 1 unspecified atom stereocenters. The number of aliphatic hydroxyl groups excluding tert-OH is 1. The molecule has 5 N–H and O–H groups in total. The normalized spacial score (nSPS) is 12.3. The van der Waals surface area contributed by atoms with Crippen LogP contribution in [0.15, 0.2) is 33.9 Å². The van der Waals surface area contributed by atoms with Crippen LogP contribution in [-0.4, -0.2) is 36.9 Å². The number of fused-ring (bicyclic) bond motifs is 1. The van der Waals surface area contributed by atoms with Crippen LogP contribution in [0.3, 0.4) is 0 Å². The highest BCUT2D eigenvalue weighted by molar-refractivity contribution is 5.74. The van der Waals surface area contributed by atoms with E-state index < -0.39 is 17.4 Å². The van der Waals surface area contributed by atoms with Gasteiger partial charge in [0.2, 0.25) is 5.95 Å². The fourth-order valence-electron chi connectivity index (χ4n) is 2.83. The summed E-state index contributed by atoms with van der Waals surface area (Å²) in [4.78, 5) is 30.3. The molecule has 0 radical (unpaired) electrons. The van der Waals surface area contributed by atoms with E-state index in [2.05, 4.69) is 15.4 Å². The van der Waals surface area contributed by atoms with Crippen LogP contribution in [0, 0.1) is 0 Å². The van der Waals surface area contributed by atoms with Crippen molar-refractivity contribution in [2.75, 3.05) is 12.0 Å². The summed E-state index contributed by atoms with van der Waals surface area (Å²) in [6.45, 7) is 2.07. The Balaban J connectivity index is 1.84. The summed E-state index contributed by atoms with van der Waals surface area (Å²) < 4.78 is 8.26. The predicted molar refractivity (Wildman–Crippen MR) is 101 cm³/mol. The number of aliphatic hydroxyl groups is 1. The summed E-state index contributed by atoms with van der Waals surface area (Å²) in [7, 11) is 1.48. The summed E-state index contributed by atoms with van der Waals surface area (Å²) >= 11 is 0. The minimum Gasteiger partial charge on any atom is -0.491 e. The average molecular weight is 374 g/mol. The molecule has 3 aromatic rings. The molecule has 3 rings (SSSR count). The van der Waals surface area contributed by atoms with Gasteiger partial charge in [0, 0.05) is 7.05 Å². The lowest BCUT2D eigenvalue weighted by atomic mass is 10.2. The number of hydrogen-bond donors (Lipinski definition) is 4. The van der Waals surface area contributed by atoms with E-state index in [-0.39, 0.29) is 30.3 Å². The van der Waals surface area contributed by atoms with Crippen molar-refractivity contribution in [3.05, 3.63) is 50.7 Å². The summed E-state index contributed by atoms with van der Waals surface area (Å²) in [5, 5.41) is 10.4. The number of imidazole rings is 1. The number of nitrogens with one attached hydrogen (secondary N) is 2. The Kier molecular flexibility index (Phi) is 5.28. The van der Waals surface area contributed by atoms with Crippen molar-refractivity contribution in [3.63, 3.8) is 0 Å². The van der Waals surface area contributed by atoms with Crippen molar-refractivity contribution in [1.29, 1.82) is 0 Å². The van der Waals surface area contributed by atoms with Gasteiger partial charge in [0.25, 0.3) is 5.56 Å². The van der Waals surface area contributed by atoms with Gasteiger partial charge in [-0.3, -0.25) is 19.8 Å². The molecule has 0 aliphatic rings. The van der Waals surface area contributed by atoms with Crippen LogP contribution in [0.1, 0.15) is 12.5 Å². The Bertz CT molecular complexity index is 1070. The van der Waals surface area contributed by atoms with Crippen molar-refractivity contribution in [2.24, 2.45) is 12.9 Å². The average Bonchev–Trinajstić information content (AvgIpc) is 3.03. The number of hydrogen-bond acceptors (Lipinski definition) is 7. The third-order valence-electron chi connectivity index (χ3n) is 4.28. The van der Waals surface area contributed by atoms with Crippen LogP contribution in [0.4, 0.5) is 5.95 Å². The van der Waals surface area contributed by atoms with Gasteiger partial charge in [0.15, 0.2) is 11.2 Å². The number of aromatic amines is 1. The number of hydrazine groups is 1. The number of ether oxygens (including phenoxy) is 1. The molecule has 0 aliphatic heterocycles. The molecule has 1 atom stereocenters. The van der Waals surface area contributed by atoms with Crippen LogP contribution in [0.5, 0.6) is 5.75 Å². The van der Waals surface area contributed by atoms with E-state index in [1.54, 1.807) is 0 Å². The van der Waals surface area contributed by atoms with Crippen molar-refractivity contribution >= 4 is 17.1 Å². The molecule has 1 aromatic carbocycles. The number of nitrogens with zero attached hydrogens (tertiary/aromatic N) is 3. The van der Waals surface area contributed by atoms with E-state index >= 15 is 0 Å². The van der Waals surface area contributed by atoms with Crippen molar-refractivity contribution in [2.45, 2.75) is 26.0 Å². The molecular weight excluding hydrogens is 352 g/mol. The van der Waals surface area contributed by atoms with Gasteiger partial charge in [0.05, 0.1) is 6.54 Å². The zero-order chi connectivity index (χ0) is 19.6. The summed E-state index contributed by atoms with van der Waals surface area (Å²) in [5.41, 5.74) is 2.63. The summed E-state index contributed by atoms with van der Waals surface area (Å²) in [5.74, 6) is 6.29. The third-order valence-corrected chi connectivity index (χ3v) is 4.28. The maximum atomic E-state index is 12.2. The number of aryl methyl sites for hydroxylation is 2. The SMILES string of the molecule is CCc1cccc(OCC(O)Cn2c(NN)nc3c2c(=O)[nH]c(=O)n3C)c1. The van der Waals surface area contributed by atoms with E-state index in [9.17, 15) is 14.7 Å². The Labute approximate surface area is 154 Å². The number of nitrogen functional groups attached to an aromatic ring is 1. The third kappa shape index (κ3) is 3.71. The van der Waals surface area contributed by atoms with Crippen LogP contribution >= 0.6 is 0 Å². The molecule has 0 aliphatic carbocycles. The number of aromatic nitrogens is 4. The number of H-pyrrole nitrogens is 1. The van der Waals surface area contributed by atoms with Crippen LogP contribution < -0.4 is 27.3 Å². The second kappa shape index (κ2) is 7.64. The van der Waals surface area contributed by atoms with E-state index in [4.69, 9.17) is 10.6 Å². The molecule has 0 saturated heterocycles. The first-order valence-electron chi connectivity index (χ1n) is 8.50. The predicted octanol–water partition coefficient (Wildman–Crippen LogP) is -0.289. The van der Waals surface area contributed by atoms with Crippen LogP contribution in [-0.2, 0) is 20.0 Å². The zero-order valence-corrected chi connectivity index (χ0v) is 15.1. The van der Waals surface area contributed by atoms with Crippen molar-refractivity contribution in [1.82, 2.24) is 19.1 Å². The van der Waals surface area contributed by atoms with Crippen molar-refractivity contribution < 1.29 is 9.84 Å². The minimum atomic E-state index is -0.934. The van der Waals surface area contributed by atoms with Crippen molar-refractivity contribution in [3.8, 4) is 5.75 Å². The van der Waals surface area contributed by atoms with Gasteiger partial charge in [0.1, 0.15) is 18.5 Å². The number of benzene rings is 1. The highest BCUT2D eigenvalue weighted by Gasteiger charge is 2.19. The quantitative estimate of drug-likeness (QED) is 0.329. The first kappa shape index (κ1) is 18.7. The van der Waals surface area contributed by atoms with E-state index in [1.165, 1.54) is 16.2 Å². The molecule has 10 heteroatoms. The van der Waals surface area contributed by atoms with Gasteiger partial charge in [-0.05, 0) is 24.1 Å². The number of anilines is 1. The molecule has 2 aromatic heterocycles. The van der Waals surface area contributed by atoms with Gasteiger partial charge < -0.3 is 14.4 Å². The molecule has 0 spiro atoms.